The SMILES string of the molecule is Cc1cc(C)cc(N(C)Cc2cc(F)cc(C(=N)N)c2)c1. The van der Waals surface area contributed by atoms with Gasteiger partial charge in [-0.25, -0.2) is 4.39 Å². The molecule has 0 saturated heterocycles. The van der Waals surface area contributed by atoms with Crippen LogP contribution in [0.2, 0.25) is 0 Å². The third kappa shape index (κ3) is 3.81. The van der Waals surface area contributed by atoms with Gasteiger partial charge in [0.25, 0.3) is 0 Å². The van der Waals surface area contributed by atoms with E-state index in [1.54, 1.807) is 6.07 Å². The molecule has 110 valence electrons. The molecule has 0 saturated carbocycles. The number of hydrogen-bond donors (Lipinski definition) is 2. The van der Waals surface area contributed by atoms with Crippen LogP contribution in [0, 0.1) is 25.1 Å². The Morgan fingerprint density at radius 1 is 1.10 bits per heavy atom. The minimum Gasteiger partial charge on any atom is -0.384 e. The first-order valence-corrected chi connectivity index (χ1v) is 6.78. The number of hydrogen-bond acceptors (Lipinski definition) is 2. The molecule has 2 aromatic rings. The van der Waals surface area contributed by atoms with Crippen LogP contribution < -0.4 is 10.6 Å². The van der Waals surface area contributed by atoms with E-state index in [-0.39, 0.29) is 11.7 Å². The second-order valence-corrected chi connectivity index (χ2v) is 5.46. The standard InChI is InChI=1S/C17H20FN3/c1-11-4-12(2)6-16(5-11)21(3)10-13-7-14(17(19)20)9-15(18)8-13/h4-9H,10H2,1-3H3,(H3,19,20). The largest absolute Gasteiger partial charge is 0.384 e. The first-order valence-electron chi connectivity index (χ1n) is 6.78. The van der Waals surface area contributed by atoms with E-state index < -0.39 is 0 Å². The lowest BCUT2D eigenvalue weighted by molar-refractivity contribution is 0.624. The van der Waals surface area contributed by atoms with Crippen molar-refractivity contribution in [2.24, 2.45) is 5.73 Å². The summed E-state index contributed by atoms with van der Waals surface area (Å²) >= 11 is 0. The van der Waals surface area contributed by atoms with E-state index >= 15 is 0 Å². The zero-order valence-corrected chi connectivity index (χ0v) is 12.6. The minimum atomic E-state index is -0.369. The predicted molar refractivity (Wildman–Crippen MR) is 85.4 cm³/mol. The van der Waals surface area contributed by atoms with Crippen molar-refractivity contribution in [1.29, 1.82) is 5.41 Å². The molecule has 0 spiro atoms. The average Bonchev–Trinajstić information content (AvgIpc) is 2.36. The molecule has 3 nitrogen and oxygen atoms in total. The van der Waals surface area contributed by atoms with Gasteiger partial charge in [0.05, 0.1) is 0 Å². The predicted octanol–water partition coefficient (Wildman–Crippen LogP) is 3.36. The Morgan fingerprint density at radius 2 is 1.71 bits per heavy atom. The minimum absolute atomic E-state index is 0.121. The lowest BCUT2D eigenvalue weighted by Gasteiger charge is -2.21. The normalized spacial score (nSPS) is 10.5. The summed E-state index contributed by atoms with van der Waals surface area (Å²) in [6, 6.07) is 10.8. The first-order chi connectivity index (χ1) is 9.85. The van der Waals surface area contributed by atoms with Gasteiger partial charge in [-0.15, -0.1) is 0 Å². The van der Waals surface area contributed by atoms with Gasteiger partial charge in [0.2, 0.25) is 0 Å². The van der Waals surface area contributed by atoms with Crippen LogP contribution in [0.5, 0.6) is 0 Å². The van der Waals surface area contributed by atoms with Gasteiger partial charge in [0.15, 0.2) is 0 Å². The van der Waals surface area contributed by atoms with Crippen LogP contribution in [0.1, 0.15) is 22.3 Å². The topological polar surface area (TPSA) is 53.1 Å². The molecule has 0 unspecified atom stereocenters. The molecule has 3 N–H and O–H groups in total. The summed E-state index contributed by atoms with van der Waals surface area (Å²) in [4.78, 5) is 2.05. The third-order valence-electron chi connectivity index (χ3n) is 3.34. The monoisotopic (exact) mass is 285 g/mol. The maximum Gasteiger partial charge on any atom is 0.124 e. The van der Waals surface area contributed by atoms with Gasteiger partial charge in [-0.2, -0.15) is 0 Å². The van der Waals surface area contributed by atoms with Crippen molar-refractivity contribution in [2.45, 2.75) is 20.4 Å². The van der Waals surface area contributed by atoms with E-state index in [4.69, 9.17) is 11.1 Å². The molecule has 0 fully saturated rings. The highest BCUT2D eigenvalue weighted by Crippen LogP contribution is 2.20. The molecule has 0 atom stereocenters. The second kappa shape index (κ2) is 5.95. The Kier molecular flexibility index (Phi) is 4.26. The number of nitrogens with one attached hydrogen (secondary N) is 1. The molecule has 0 radical (unpaired) electrons. The van der Waals surface area contributed by atoms with Crippen molar-refractivity contribution in [3.63, 3.8) is 0 Å². The van der Waals surface area contributed by atoms with E-state index in [9.17, 15) is 4.39 Å². The van der Waals surface area contributed by atoms with Gasteiger partial charge in [0, 0.05) is 24.8 Å². The number of benzene rings is 2. The van der Waals surface area contributed by atoms with E-state index in [0.717, 1.165) is 11.3 Å². The van der Waals surface area contributed by atoms with Crippen LogP contribution in [-0.2, 0) is 6.54 Å². The van der Waals surface area contributed by atoms with Crippen molar-refractivity contribution in [3.8, 4) is 0 Å². The highest BCUT2D eigenvalue weighted by Gasteiger charge is 2.07. The van der Waals surface area contributed by atoms with Crippen LogP contribution >= 0.6 is 0 Å². The quantitative estimate of drug-likeness (QED) is 0.668. The summed E-state index contributed by atoms with van der Waals surface area (Å²) in [6.45, 7) is 4.67. The highest BCUT2D eigenvalue weighted by atomic mass is 19.1. The molecule has 0 bridgehead atoms. The molecular formula is C17H20FN3. The van der Waals surface area contributed by atoms with E-state index in [0.29, 0.717) is 12.1 Å². The Morgan fingerprint density at radius 3 is 2.29 bits per heavy atom. The maximum atomic E-state index is 13.6. The Hall–Kier alpha value is -2.36. The van der Waals surface area contributed by atoms with Gasteiger partial charge in [0.1, 0.15) is 11.7 Å². The second-order valence-electron chi connectivity index (χ2n) is 5.46. The Labute approximate surface area is 124 Å². The summed E-state index contributed by atoms with van der Waals surface area (Å²) in [5.41, 5.74) is 10.1. The van der Waals surface area contributed by atoms with Crippen molar-refractivity contribution in [1.82, 2.24) is 0 Å². The zero-order chi connectivity index (χ0) is 15.6. The van der Waals surface area contributed by atoms with Gasteiger partial charge in [-0.1, -0.05) is 6.07 Å². The molecule has 21 heavy (non-hydrogen) atoms. The average molecular weight is 285 g/mol. The molecule has 0 heterocycles. The van der Waals surface area contributed by atoms with Crippen molar-refractivity contribution >= 4 is 11.5 Å². The molecule has 0 aliphatic heterocycles. The van der Waals surface area contributed by atoms with Gasteiger partial charge >= 0.3 is 0 Å². The number of nitrogen functional groups attached to an aromatic ring is 1. The zero-order valence-electron chi connectivity index (χ0n) is 12.6. The number of anilines is 1. The highest BCUT2D eigenvalue weighted by molar-refractivity contribution is 5.95. The molecule has 0 aliphatic carbocycles. The van der Waals surface area contributed by atoms with E-state index in [1.807, 2.05) is 7.05 Å². The fraction of sp³-hybridized carbons (Fsp3) is 0.235. The molecule has 0 aliphatic rings. The molecule has 2 aromatic carbocycles. The fourth-order valence-electron chi connectivity index (χ4n) is 2.43. The number of amidine groups is 1. The lowest BCUT2D eigenvalue weighted by Crippen LogP contribution is -2.18. The summed E-state index contributed by atoms with van der Waals surface area (Å²) < 4.78 is 13.6. The summed E-state index contributed by atoms with van der Waals surface area (Å²) in [7, 11) is 1.96. The molecule has 0 amide bonds. The summed E-state index contributed by atoms with van der Waals surface area (Å²) in [6.07, 6.45) is 0. The van der Waals surface area contributed by atoms with Crippen LogP contribution in [0.25, 0.3) is 0 Å². The van der Waals surface area contributed by atoms with Crippen molar-refractivity contribution in [3.05, 3.63) is 64.5 Å². The number of nitrogens with zero attached hydrogens (tertiary/aromatic N) is 1. The van der Waals surface area contributed by atoms with Gasteiger partial charge in [-0.05, 0) is 60.9 Å². The van der Waals surface area contributed by atoms with Gasteiger partial charge < -0.3 is 10.6 Å². The van der Waals surface area contributed by atoms with Crippen LogP contribution in [0.3, 0.4) is 0 Å². The molecule has 2 rings (SSSR count). The van der Waals surface area contributed by atoms with E-state index in [1.165, 1.54) is 23.3 Å². The van der Waals surface area contributed by atoms with E-state index in [2.05, 4.69) is 36.9 Å². The molecular weight excluding hydrogens is 265 g/mol. The summed E-state index contributed by atoms with van der Waals surface area (Å²) in [5.74, 6) is -0.490. The molecule has 0 aromatic heterocycles. The smallest absolute Gasteiger partial charge is 0.124 e. The van der Waals surface area contributed by atoms with Crippen LogP contribution in [0.4, 0.5) is 10.1 Å². The van der Waals surface area contributed by atoms with Crippen LogP contribution in [0.15, 0.2) is 36.4 Å². The van der Waals surface area contributed by atoms with Crippen molar-refractivity contribution < 1.29 is 4.39 Å². The number of nitrogens with two attached hydrogens (primary N) is 1. The Balaban J connectivity index is 2.26. The van der Waals surface area contributed by atoms with Gasteiger partial charge in [-0.3, -0.25) is 5.41 Å². The number of halogens is 1. The third-order valence-corrected chi connectivity index (χ3v) is 3.34. The van der Waals surface area contributed by atoms with Crippen molar-refractivity contribution in [2.75, 3.05) is 11.9 Å². The lowest BCUT2D eigenvalue weighted by atomic mass is 10.1. The number of aryl methyl sites for hydroxylation is 2. The summed E-state index contributed by atoms with van der Waals surface area (Å²) in [5, 5.41) is 7.43. The molecule has 4 heteroatoms. The fourth-order valence-corrected chi connectivity index (χ4v) is 2.43. The first kappa shape index (κ1) is 15.0. The number of rotatable bonds is 4. The van der Waals surface area contributed by atoms with Crippen LogP contribution in [-0.4, -0.2) is 12.9 Å². The maximum absolute atomic E-state index is 13.6. The Bertz CT molecular complexity index is 659.